The van der Waals surface area contributed by atoms with Crippen molar-refractivity contribution in [3.8, 4) is 0 Å². The number of carbonyl (C=O) groups excluding carboxylic acids is 1. The van der Waals surface area contributed by atoms with Gasteiger partial charge in [0.25, 0.3) is 0 Å². The van der Waals surface area contributed by atoms with E-state index in [9.17, 15) is 4.79 Å². The monoisotopic (exact) mass is 208 g/mol. The van der Waals surface area contributed by atoms with E-state index < -0.39 is 0 Å². The fourth-order valence-corrected chi connectivity index (χ4v) is 1.29. The lowest BCUT2D eigenvalue weighted by Crippen LogP contribution is -1.97. The van der Waals surface area contributed by atoms with E-state index in [4.69, 9.17) is 11.6 Å². The van der Waals surface area contributed by atoms with E-state index in [1.807, 2.05) is 19.1 Å². The molecular weight excluding hydrogens is 196 g/mol. The highest BCUT2D eigenvalue weighted by atomic mass is 35.5. The first-order valence-corrected chi connectivity index (χ1v) is 5.01. The molecule has 0 unspecified atom stereocenters. The van der Waals surface area contributed by atoms with Gasteiger partial charge in [0.1, 0.15) is 0 Å². The second-order valence-electron chi connectivity index (χ2n) is 3.04. The number of hydrogen-bond acceptors (Lipinski definition) is 1. The largest absolute Gasteiger partial charge is 0.294 e. The molecule has 0 saturated carbocycles. The topological polar surface area (TPSA) is 17.1 Å². The summed E-state index contributed by atoms with van der Waals surface area (Å²) >= 11 is 5.72. The summed E-state index contributed by atoms with van der Waals surface area (Å²) in [4.78, 5) is 11.6. The quantitative estimate of drug-likeness (QED) is 0.542. The minimum atomic E-state index is 0.166. The SMILES string of the molecule is C/C=C/CCC(=O)c1ccc(Cl)cc1. The summed E-state index contributed by atoms with van der Waals surface area (Å²) in [5.41, 5.74) is 0.735. The number of ketones is 1. The number of Topliss-reactive ketones (excluding diaryl/α,β-unsaturated/α-hetero) is 1. The Hall–Kier alpha value is -1.08. The van der Waals surface area contributed by atoms with Crippen LogP contribution in [0.3, 0.4) is 0 Å². The smallest absolute Gasteiger partial charge is 0.163 e. The van der Waals surface area contributed by atoms with E-state index in [0.717, 1.165) is 12.0 Å². The third kappa shape index (κ3) is 3.35. The molecule has 0 fully saturated rings. The van der Waals surface area contributed by atoms with Crippen LogP contribution in [0.5, 0.6) is 0 Å². The summed E-state index contributed by atoms with van der Waals surface area (Å²) in [6.45, 7) is 1.95. The van der Waals surface area contributed by atoms with E-state index in [1.54, 1.807) is 24.3 Å². The van der Waals surface area contributed by atoms with Crippen LogP contribution in [0, 0.1) is 0 Å². The first-order chi connectivity index (χ1) is 6.74. The molecule has 0 heterocycles. The van der Waals surface area contributed by atoms with Crippen LogP contribution >= 0.6 is 11.6 Å². The summed E-state index contributed by atoms with van der Waals surface area (Å²) in [6.07, 6.45) is 5.31. The Balaban J connectivity index is 2.56. The van der Waals surface area contributed by atoms with Gasteiger partial charge < -0.3 is 0 Å². The molecule has 0 saturated heterocycles. The van der Waals surface area contributed by atoms with Crippen LogP contribution in [0.2, 0.25) is 5.02 Å². The van der Waals surface area contributed by atoms with Crippen molar-refractivity contribution in [3.05, 3.63) is 47.0 Å². The average Bonchev–Trinajstić information content (AvgIpc) is 2.19. The van der Waals surface area contributed by atoms with Gasteiger partial charge in [-0.2, -0.15) is 0 Å². The zero-order valence-corrected chi connectivity index (χ0v) is 8.92. The summed E-state index contributed by atoms with van der Waals surface area (Å²) in [7, 11) is 0. The van der Waals surface area contributed by atoms with Gasteiger partial charge in [0.2, 0.25) is 0 Å². The maximum Gasteiger partial charge on any atom is 0.163 e. The van der Waals surface area contributed by atoms with Crippen LogP contribution in [-0.2, 0) is 0 Å². The van der Waals surface area contributed by atoms with Crippen LogP contribution < -0.4 is 0 Å². The predicted molar refractivity (Wildman–Crippen MR) is 59.8 cm³/mol. The summed E-state index contributed by atoms with van der Waals surface area (Å²) < 4.78 is 0. The van der Waals surface area contributed by atoms with Crippen LogP contribution in [0.4, 0.5) is 0 Å². The van der Waals surface area contributed by atoms with Gasteiger partial charge in [0.05, 0.1) is 0 Å². The van der Waals surface area contributed by atoms with Gasteiger partial charge in [-0.3, -0.25) is 4.79 Å². The lowest BCUT2D eigenvalue weighted by molar-refractivity contribution is 0.0983. The van der Waals surface area contributed by atoms with E-state index in [2.05, 4.69) is 0 Å². The fourth-order valence-electron chi connectivity index (χ4n) is 1.16. The molecule has 0 aliphatic rings. The van der Waals surface area contributed by atoms with Crippen molar-refractivity contribution < 1.29 is 4.79 Å². The predicted octanol–water partition coefficient (Wildman–Crippen LogP) is 3.88. The average molecular weight is 209 g/mol. The van der Waals surface area contributed by atoms with Gasteiger partial charge in [-0.15, -0.1) is 0 Å². The minimum Gasteiger partial charge on any atom is -0.294 e. The second-order valence-corrected chi connectivity index (χ2v) is 3.47. The normalized spacial score (nSPS) is 10.7. The summed E-state index contributed by atoms with van der Waals surface area (Å²) in [5.74, 6) is 0.166. The van der Waals surface area contributed by atoms with Crippen LogP contribution in [0.15, 0.2) is 36.4 Å². The molecule has 0 bridgehead atoms. The Bertz CT molecular complexity index is 325. The number of allylic oxidation sites excluding steroid dienone is 2. The molecule has 0 atom stereocenters. The van der Waals surface area contributed by atoms with Crippen molar-refractivity contribution in [2.45, 2.75) is 19.8 Å². The number of hydrogen-bond donors (Lipinski definition) is 0. The van der Waals surface area contributed by atoms with Crippen molar-refractivity contribution in [1.29, 1.82) is 0 Å². The van der Waals surface area contributed by atoms with Crippen molar-refractivity contribution >= 4 is 17.4 Å². The van der Waals surface area contributed by atoms with Crippen molar-refractivity contribution in [2.24, 2.45) is 0 Å². The van der Waals surface area contributed by atoms with Gasteiger partial charge in [-0.1, -0.05) is 23.8 Å². The van der Waals surface area contributed by atoms with Crippen molar-refractivity contribution in [2.75, 3.05) is 0 Å². The second kappa shape index (κ2) is 5.61. The van der Waals surface area contributed by atoms with Gasteiger partial charge in [0.15, 0.2) is 5.78 Å². The molecule has 74 valence electrons. The van der Waals surface area contributed by atoms with Crippen LogP contribution in [0.25, 0.3) is 0 Å². The third-order valence-electron chi connectivity index (χ3n) is 1.94. The lowest BCUT2D eigenvalue weighted by atomic mass is 10.1. The molecule has 1 rings (SSSR count). The number of carbonyl (C=O) groups is 1. The maximum absolute atomic E-state index is 11.6. The molecular formula is C12H13ClO. The number of rotatable bonds is 4. The molecule has 0 aliphatic heterocycles. The molecule has 0 N–H and O–H groups in total. The highest BCUT2D eigenvalue weighted by Gasteiger charge is 2.03. The molecule has 14 heavy (non-hydrogen) atoms. The van der Waals surface area contributed by atoms with Crippen molar-refractivity contribution in [1.82, 2.24) is 0 Å². The van der Waals surface area contributed by atoms with Gasteiger partial charge >= 0.3 is 0 Å². The number of halogens is 1. The molecule has 0 aliphatic carbocycles. The molecule has 1 nitrogen and oxygen atoms in total. The van der Waals surface area contributed by atoms with Crippen molar-refractivity contribution in [3.63, 3.8) is 0 Å². The molecule has 0 aromatic heterocycles. The molecule has 1 aromatic rings. The molecule has 0 amide bonds. The minimum absolute atomic E-state index is 0.166. The van der Waals surface area contributed by atoms with Crippen LogP contribution in [0.1, 0.15) is 30.1 Å². The van der Waals surface area contributed by atoms with Gasteiger partial charge in [0, 0.05) is 17.0 Å². The van der Waals surface area contributed by atoms with Gasteiger partial charge in [-0.05, 0) is 37.6 Å². The zero-order valence-electron chi connectivity index (χ0n) is 8.16. The first kappa shape index (κ1) is 11.0. The van der Waals surface area contributed by atoms with Crippen LogP contribution in [-0.4, -0.2) is 5.78 Å². The molecule has 1 aromatic carbocycles. The highest BCUT2D eigenvalue weighted by molar-refractivity contribution is 6.30. The Morgan fingerprint density at radius 3 is 2.57 bits per heavy atom. The third-order valence-corrected chi connectivity index (χ3v) is 2.19. The Kier molecular flexibility index (Phi) is 4.41. The molecule has 0 spiro atoms. The fraction of sp³-hybridized carbons (Fsp3) is 0.250. The Morgan fingerprint density at radius 2 is 2.00 bits per heavy atom. The van der Waals surface area contributed by atoms with E-state index in [-0.39, 0.29) is 5.78 Å². The molecule has 2 heteroatoms. The number of benzene rings is 1. The maximum atomic E-state index is 11.6. The first-order valence-electron chi connectivity index (χ1n) is 4.64. The standard InChI is InChI=1S/C12H13ClO/c1-2-3-4-5-12(14)10-6-8-11(13)9-7-10/h2-3,6-9H,4-5H2,1H3/b3-2+. The van der Waals surface area contributed by atoms with Gasteiger partial charge in [-0.25, -0.2) is 0 Å². The Labute approximate surface area is 89.4 Å². The Morgan fingerprint density at radius 1 is 1.36 bits per heavy atom. The zero-order chi connectivity index (χ0) is 10.4. The van der Waals surface area contributed by atoms with E-state index >= 15 is 0 Å². The summed E-state index contributed by atoms with van der Waals surface area (Å²) in [5, 5.41) is 0.662. The molecule has 0 radical (unpaired) electrons. The summed E-state index contributed by atoms with van der Waals surface area (Å²) in [6, 6.07) is 7.01. The highest BCUT2D eigenvalue weighted by Crippen LogP contribution is 2.11. The van der Waals surface area contributed by atoms with E-state index in [0.29, 0.717) is 11.4 Å². The van der Waals surface area contributed by atoms with E-state index in [1.165, 1.54) is 0 Å². The lowest BCUT2D eigenvalue weighted by Gasteiger charge is -1.98.